The zero-order chi connectivity index (χ0) is 16.1. The van der Waals surface area contributed by atoms with Crippen molar-refractivity contribution in [2.24, 2.45) is 0 Å². The molecule has 7 heteroatoms. The molecular weight excluding hydrogens is 292 g/mol. The molecule has 0 spiro atoms. The quantitative estimate of drug-likeness (QED) is 0.592. The highest BCUT2D eigenvalue weighted by molar-refractivity contribution is 5.97. The van der Waals surface area contributed by atoms with E-state index in [0.717, 1.165) is 0 Å². The SMILES string of the molecule is CCC(=O)OCc1ccc(C(O)C(=O)c2ccc(CO)o2)o1. The molecule has 7 nitrogen and oxygen atoms in total. The van der Waals surface area contributed by atoms with E-state index in [2.05, 4.69) is 0 Å². The number of carbonyl (C=O) groups excluding carboxylic acids is 2. The van der Waals surface area contributed by atoms with Gasteiger partial charge in [-0.05, 0) is 24.3 Å². The smallest absolute Gasteiger partial charge is 0.305 e. The highest BCUT2D eigenvalue weighted by Crippen LogP contribution is 2.22. The van der Waals surface area contributed by atoms with Crippen LogP contribution >= 0.6 is 0 Å². The van der Waals surface area contributed by atoms with Crippen molar-refractivity contribution in [3.63, 3.8) is 0 Å². The number of ketones is 1. The van der Waals surface area contributed by atoms with Crippen molar-refractivity contribution >= 4 is 11.8 Å². The maximum atomic E-state index is 12.0. The minimum Gasteiger partial charge on any atom is -0.459 e. The normalized spacial score (nSPS) is 12.1. The van der Waals surface area contributed by atoms with Crippen LogP contribution in [0.2, 0.25) is 0 Å². The summed E-state index contributed by atoms with van der Waals surface area (Å²) in [5.74, 6) is -0.574. The molecular formula is C15H16O7. The fraction of sp³-hybridized carbons (Fsp3) is 0.333. The van der Waals surface area contributed by atoms with Crippen molar-refractivity contribution in [3.05, 3.63) is 47.3 Å². The van der Waals surface area contributed by atoms with E-state index in [1.165, 1.54) is 24.3 Å². The second-order valence-electron chi connectivity index (χ2n) is 4.51. The average Bonchev–Trinajstić information content (AvgIpc) is 3.19. The Morgan fingerprint density at radius 2 is 1.91 bits per heavy atom. The second-order valence-corrected chi connectivity index (χ2v) is 4.51. The lowest BCUT2D eigenvalue weighted by Crippen LogP contribution is -2.10. The molecule has 2 aromatic heterocycles. The third-order valence-corrected chi connectivity index (χ3v) is 2.92. The Balaban J connectivity index is 2.03. The number of Topliss-reactive ketones (excluding diaryl/α,β-unsaturated/α-hetero) is 1. The molecule has 0 radical (unpaired) electrons. The van der Waals surface area contributed by atoms with Crippen LogP contribution in [0, 0.1) is 0 Å². The number of hydrogen-bond acceptors (Lipinski definition) is 7. The van der Waals surface area contributed by atoms with E-state index in [0.29, 0.717) is 5.76 Å². The van der Waals surface area contributed by atoms with Gasteiger partial charge in [0.05, 0.1) is 0 Å². The fourth-order valence-electron chi connectivity index (χ4n) is 1.73. The van der Waals surface area contributed by atoms with E-state index in [1.807, 2.05) is 0 Å². The molecule has 2 N–H and O–H groups in total. The van der Waals surface area contributed by atoms with E-state index >= 15 is 0 Å². The molecule has 1 atom stereocenters. The fourth-order valence-corrected chi connectivity index (χ4v) is 1.73. The van der Waals surface area contributed by atoms with Crippen molar-refractivity contribution in [2.45, 2.75) is 32.7 Å². The molecule has 0 amide bonds. The van der Waals surface area contributed by atoms with Gasteiger partial charge in [0.1, 0.15) is 30.5 Å². The lowest BCUT2D eigenvalue weighted by Gasteiger charge is -2.05. The van der Waals surface area contributed by atoms with Gasteiger partial charge in [-0.25, -0.2) is 0 Å². The molecule has 0 fully saturated rings. The van der Waals surface area contributed by atoms with Crippen molar-refractivity contribution in [1.82, 2.24) is 0 Å². The first-order chi connectivity index (χ1) is 10.5. The summed E-state index contributed by atoms with van der Waals surface area (Å²) in [7, 11) is 0. The lowest BCUT2D eigenvalue weighted by molar-refractivity contribution is -0.145. The Morgan fingerprint density at radius 1 is 1.18 bits per heavy atom. The molecule has 0 aliphatic carbocycles. The summed E-state index contributed by atoms with van der Waals surface area (Å²) in [5, 5.41) is 18.9. The minimum absolute atomic E-state index is 0.0227. The molecule has 2 heterocycles. The molecule has 2 rings (SSSR count). The Kier molecular flexibility index (Phi) is 5.13. The third-order valence-electron chi connectivity index (χ3n) is 2.92. The predicted molar refractivity (Wildman–Crippen MR) is 72.7 cm³/mol. The van der Waals surface area contributed by atoms with E-state index < -0.39 is 11.9 Å². The van der Waals surface area contributed by atoms with Gasteiger partial charge < -0.3 is 23.8 Å². The predicted octanol–water partition coefficient (Wildman–Crippen LogP) is 1.73. The number of rotatable bonds is 7. The molecule has 0 saturated carbocycles. The Labute approximate surface area is 126 Å². The topological polar surface area (TPSA) is 110 Å². The molecule has 0 aliphatic heterocycles. The number of hydrogen-bond donors (Lipinski definition) is 2. The molecule has 118 valence electrons. The largest absolute Gasteiger partial charge is 0.459 e. The number of furan rings is 2. The molecule has 0 aliphatic rings. The van der Waals surface area contributed by atoms with Gasteiger partial charge in [0.15, 0.2) is 11.9 Å². The van der Waals surface area contributed by atoms with Crippen LogP contribution in [0.1, 0.15) is 47.3 Å². The maximum Gasteiger partial charge on any atom is 0.305 e. The zero-order valence-electron chi connectivity index (χ0n) is 11.9. The zero-order valence-corrected chi connectivity index (χ0v) is 11.9. The molecule has 0 saturated heterocycles. The standard InChI is InChI=1S/C15H16O7/c1-2-13(17)20-8-10-4-6-12(22-10)15(19)14(18)11-5-3-9(7-16)21-11/h3-6,15-16,19H,2,7-8H2,1H3. The molecule has 2 aromatic rings. The molecule has 0 aromatic carbocycles. The van der Waals surface area contributed by atoms with Crippen LogP contribution in [0.25, 0.3) is 0 Å². The third kappa shape index (κ3) is 3.63. The van der Waals surface area contributed by atoms with Crippen molar-refractivity contribution in [3.8, 4) is 0 Å². The van der Waals surface area contributed by atoms with Crippen LogP contribution < -0.4 is 0 Å². The van der Waals surface area contributed by atoms with Gasteiger partial charge in [0.2, 0.25) is 5.78 Å². The van der Waals surface area contributed by atoms with E-state index in [1.54, 1.807) is 6.92 Å². The minimum atomic E-state index is -1.53. The molecule has 0 bridgehead atoms. The summed E-state index contributed by atoms with van der Waals surface area (Å²) in [6.07, 6.45) is -1.28. The number of ether oxygens (including phenoxy) is 1. The number of aliphatic hydroxyl groups excluding tert-OH is 2. The van der Waals surface area contributed by atoms with Gasteiger partial charge in [0, 0.05) is 6.42 Å². The summed E-state index contributed by atoms with van der Waals surface area (Å²) in [4.78, 5) is 23.1. The van der Waals surface area contributed by atoms with E-state index in [9.17, 15) is 14.7 Å². The number of aliphatic hydroxyl groups is 2. The van der Waals surface area contributed by atoms with Crippen LogP contribution in [0.15, 0.2) is 33.1 Å². The monoisotopic (exact) mass is 308 g/mol. The number of carbonyl (C=O) groups is 2. The second kappa shape index (κ2) is 7.06. The van der Waals surface area contributed by atoms with Crippen LogP contribution in [0.3, 0.4) is 0 Å². The van der Waals surface area contributed by atoms with Gasteiger partial charge in [-0.1, -0.05) is 6.92 Å². The van der Waals surface area contributed by atoms with Crippen molar-refractivity contribution < 1.29 is 33.4 Å². The summed E-state index contributed by atoms with van der Waals surface area (Å²) >= 11 is 0. The Hall–Kier alpha value is -2.38. The highest BCUT2D eigenvalue weighted by Gasteiger charge is 2.25. The maximum absolute atomic E-state index is 12.0. The summed E-state index contributed by atoms with van der Waals surface area (Å²) in [6.45, 7) is 1.27. The number of esters is 1. The van der Waals surface area contributed by atoms with Crippen molar-refractivity contribution in [2.75, 3.05) is 0 Å². The highest BCUT2D eigenvalue weighted by atomic mass is 16.5. The lowest BCUT2D eigenvalue weighted by atomic mass is 10.1. The van der Waals surface area contributed by atoms with Gasteiger partial charge in [0.25, 0.3) is 0 Å². The summed E-state index contributed by atoms with van der Waals surface area (Å²) < 4.78 is 15.2. The van der Waals surface area contributed by atoms with Crippen LogP contribution in [0.5, 0.6) is 0 Å². The average molecular weight is 308 g/mol. The van der Waals surface area contributed by atoms with Crippen LogP contribution in [-0.4, -0.2) is 22.0 Å². The first kappa shape index (κ1) is 16.0. The first-order valence-electron chi connectivity index (χ1n) is 6.71. The van der Waals surface area contributed by atoms with Gasteiger partial charge in [-0.2, -0.15) is 0 Å². The van der Waals surface area contributed by atoms with Crippen LogP contribution in [-0.2, 0) is 22.7 Å². The molecule has 22 heavy (non-hydrogen) atoms. The Bertz CT molecular complexity index is 652. The van der Waals surface area contributed by atoms with Crippen molar-refractivity contribution in [1.29, 1.82) is 0 Å². The van der Waals surface area contributed by atoms with E-state index in [4.69, 9.17) is 18.7 Å². The molecule has 1 unspecified atom stereocenters. The van der Waals surface area contributed by atoms with E-state index in [-0.39, 0.29) is 42.9 Å². The van der Waals surface area contributed by atoms with Crippen LogP contribution in [0.4, 0.5) is 0 Å². The first-order valence-corrected chi connectivity index (χ1v) is 6.71. The summed E-state index contributed by atoms with van der Waals surface area (Å²) in [5.41, 5.74) is 0. The van der Waals surface area contributed by atoms with Gasteiger partial charge in [-0.15, -0.1) is 0 Å². The Morgan fingerprint density at radius 3 is 2.55 bits per heavy atom. The van der Waals surface area contributed by atoms with Gasteiger partial charge >= 0.3 is 5.97 Å². The summed E-state index contributed by atoms with van der Waals surface area (Å²) in [6, 6.07) is 5.74. The van der Waals surface area contributed by atoms with Gasteiger partial charge in [-0.3, -0.25) is 9.59 Å².